The second kappa shape index (κ2) is 4.60. The van der Waals surface area contributed by atoms with Crippen molar-refractivity contribution in [2.24, 2.45) is 0 Å². The molecule has 1 radical (unpaired) electrons. The summed E-state index contributed by atoms with van der Waals surface area (Å²) in [6.45, 7) is 5.45. The largest absolute Gasteiger partial charge is 0.203 e. The molecule has 0 fully saturated rings. The van der Waals surface area contributed by atoms with Crippen LogP contribution in [0.3, 0.4) is 0 Å². The van der Waals surface area contributed by atoms with E-state index in [0.29, 0.717) is 0 Å². The second-order valence-corrected chi connectivity index (χ2v) is 9.31. The molecule has 1 aromatic rings. The van der Waals surface area contributed by atoms with Crippen LogP contribution >= 0.6 is 0 Å². The van der Waals surface area contributed by atoms with Crippen molar-refractivity contribution in [3.8, 4) is 0 Å². The monoisotopic (exact) mass is 265 g/mol. The molecule has 0 aliphatic carbocycles. The van der Waals surface area contributed by atoms with Gasteiger partial charge in [-0.25, -0.2) is 22.0 Å². The molecule has 1 aromatic carbocycles. The number of hydrogen-bond acceptors (Lipinski definition) is 0. The number of rotatable bonds is 2. The maximum absolute atomic E-state index is 13.2. The summed E-state index contributed by atoms with van der Waals surface area (Å²) in [5.74, 6) is -9.68. The predicted octanol–water partition coefficient (Wildman–Crippen LogP) is 4.08. The van der Waals surface area contributed by atoms with Gasteiger partial charge in [0.15, 0.2) is 23.3 Å². The van der Waals surface area contributed by atoms with Gasteiger partial charge < -0.3 is 0 Å². The highest BCUT2D eigenvalue weighted by Gasteiger charge is 2.24. The molecule has 93 valence electrons. The quantitative estimate of drug-likeness (QED) is 0.327. The zero-order chi connectivity index (χ0) is 13.4. The van der Waals surface area contributed by atoms with Crippen molar-refractivity contribution in [1.82, 2.24) is 0 Å². The highest BCUT2D eigenvalue weighted by atomic mass is 28.3. The molecular formula is C11H10F5Si. The summed E-state index contributed by atoms with van der Waals surface area (Å²) in [5.41, 5.74) is 1.73. The molecule has 0 aliphatic rings. The first kappa shape index (κ1) is 13.9. The van der Waals surface area contributed by atoms with Gasteiger partial charge in [-0.1, -0.05) is 25.3 Å². The van der Waals surface area contributed by atoms with Crippen molar-refractivity contribution in [3.05, 3.63) is 40.3 Å². The fraction of sp³-hybridized carbons (Fsp3) is 0.273. The van der Waals surface area contributed by atoms with Crippen LogP contribution in [0.2, 0.25) is 19.6 Å². The highest BCUT2D eigenvalue weighted by molar-refractivity contribution is 6.79. The smallest absolute Gasteiger partial charge is 0.200 e. The van der Waals surface area contributed by atoms with E-state index in [-0.39, 0.29) is 0 Å². The summed E-state index contributed by atoms with van der Waals surface area (Å²) >= 11 is 0. The Morgan fingerprint density at radius 3 is 1.47 bits per heavy atom. The summed E-state index contributed by atoms with van der Waals surface area (Å²) in [7, 11) is -1.91. The van der Waals surface area contributed by atoms with Crippen molar-refractivity contribution in [2.75, 3.05) is 0 Å². The van der Waals surface area contributed by atoms with Gasteiger partial charge in [-0.2, -0.15) is 0 Å². The van der Waals surface area contributed by atoms with Gasteiger partial charge >= 0.3 is 0 Å². The normalized spacial score (nSPS) is 12.5. The first-order valence-electron chi connectivity index (χ1n) is 4.77. The Morgan fingerprint density at radius 1 is 0.765 bits per heavy atom. The van der Waals surface area contributed by atoms with Crippen molar-refractivity contribution in [3.63, 3.8) is 0 Å². The van der Waals surface area contributed by atoms with Crippen molar-refractivity contribution >= 4 is 14.1 Å². The summed E-state index contributed by atoms with van der Waals surface area (Å²) in [6, 6.07) is 0. The number of hydrogen-bond donors (Lipinski definition) is 0. The maximum Gasteiger partial charge on any atom is 0.200 e. The lowest BCUT2D eigenvalue weighted by molar-refractivity contribution is 0.377. The van der Waals surface area contributed by atoms with E-state index in [1.54, 1.807) is 0 Å². The molecule has 0 atom stereocenters. The minimum atomic E-state index is -2.15. The lowest BCUT2D eigenvalue weighted by Crippen LogP contribution is -2.16. The van der Waals surface area contributed by atoms with Gasteiger partial charge in [0.25, 0.3) is 0 Å². The van der Waals surface area contributed by atoms with E-state index in [1.165, 1.54) is 0 Å². The van der Waals surface area contributed by atoms with Crippen LogP contribution in [0, 0.1) is 34.8 Å². The van der Waals surface area contributed by atoms with E-state index in [0.717, 1.165) is 6.08 Å². The van der Waals surface area contributed by atoms with Gasteiger partial charge in [0.2, 0.25) is 5.82 Å². The molecular weight excluding hydrogens is 255 g/mol. The molecule has 0 amide bonds. The van der Waals surface area contributed by atoms with E-state index in [2.05, 4.69) is 5.70 Å². The Balaban J connectivity index is 3.40. The van der Waals surface area contributed by atoms with Crippen LogP contribution in [-0.2, 0) is 0 Å². The molecule has 0 spiro atoms. The van der Waals surface area contributed by atoms with Crippen LogP contribution in [0.25, 0.3) is 6.08 Å². The average molecular weight is 265 g/mol. The SMILES string of the molecule is C[Si](C)(C)[C]=Cc1c(F)c(F)c(F)c(F)c1F. The Morgan fingerprint density at radius 2 is 1.12 bits per heavy atom. The third kappa shape index (κ3) is 2.94. The van der Waals surface area contributed by atoms with E-state index in [4.69, 9.17) is 0 Å². The van der Waals surface area contributed by atoms with Crippen LogP contribution in [0.1, 0.15) is 5.56 Å². The minimum absolute atomic E-state index is 0.836. The fourth-order valence-corrected chi connectivity index (χ4v) is 1.61. The average Bonchev–Trinajstić information content (AvgIpc) is 2.22. The Bertz CT molecular complexity index is 445. The van der Waals surface area contributed by atoms with Gasteiger partial charge in [0.05, 0.1) is 13.6 Å². The van der Waals surface area contributed by atoms with Gasteiger partial charge in [0, 0.05) is 0 Å². The third-order valence-corrected chi connectivity index (χ3v) is 2.90. The molecule has 0 nitrogen and oxygen atoms in total. The summed E-state index contributed by atoms with van der Waals surface area (Å²) in [4.78, 5) is 0. The van der Waals surface area contributed by atoms with Gasteiger partial charge in [-0.05, 0) is 6.08 Å². The molecule has 17 heavy (non-hydrogen) atoms. The highest BCUT2D eigenvalue weighted by Crippen LogP contribution is 2.24. The van der Waals surface area contributed by atoms with Crippen molar-refractivity contribution in [2.45, 2.75) is 19.6 Å². The zero-order valence-electron chi connectivity index (χ0n) is 9.47. The molecule has 0 saturated carbocycles. The standard InChI is InChI=1S/C11H10F5Si/c1-17(2,3)5-4-6-7(12)9(14)11(16)10(15)8(6)13/h4H,1-3H3. The Kier molecular flexibility index (Phi) is 3.76. The first-order chi connectivity index (χ1) is 7.65. The molecule has 0 unspecified atom stereocenters. The molecule has 0 heterocycles. The number of halogens is 5. The van der Waals surface area contributed by atoms with Gasteiger partial charge in [0.1, 0.15) is 0 Å². The maximum atomic E-state index is 13.2. The van der Waals surface area contributed by atoms with Crippen molar-refractivity contribution in [1.29, 1.82) is 0 Å². The molecule has 0 bridgehead atoms. The van der Waals surface area contributed by atoms with Crippen LogP contribution in [0.5, 0.6) is 0 Å². The van der Waals surface area contributed by atoms with Crippen LogP contribution < -0.4 is 0 Å². The fourth-order valence-electron chi connectivity index (χ4n) is 1.04. The number of benzene rings is 1. The lowest BCUT2D eigenvalue weighted by Gasteiger charge is -2.09. The van der Waals surface area contributed by atoms with E-state index in [9.17, 15) is 22.0 Å². The molecule has 6 heteroatoms. The van der Waals surface area contributed by atoms with Crippen LogP contribution in [-0.4, -0.2) is 8.07 Å². The summed E-state index contributed by atoms with van der Waals surface area (Å²) in [6.07, 6.45) is 0.836. The molecule has 1 rings (SSSR count). The second-order valence-electron chi connectivity index (χ2n) is 4.52. The van der Waals surface area contributed by atoms with E-state index < -0.39 is 42.7 Å². The van der Waals surface area contributed by atoms with E-state index >= 15 is 0 Å². The van der Waals surface area contributed by atoms with Crippen LogP contribution in [0.4, 0.5) is 22.0 Å². The zero-order valence-corrected chi connectivity index (χ0v) is 10.5. The molecule has 0 N–H and O–H groups in total. The third-order valence-electron chi connectivity index (χ3n) is 1.89. The Hall–Kier alpha value is -1.17. The van der Waals surface area contributed by atoms with Crippen LogP contribution in [0.15, 0.2) is 0 Å². The first-order valence-corrected chi connectivity index (χ1v) is 8.27. The lowest BCUT2D eigenvalue weighted by atomic mass is 10.1. The molecule has 0 saturated heterocycles. The summed E-state index contributed by atoms with van der Waals surface area (Å²) < 4.78 is 64.8. The summed E-state index contributed by atoms with van der Waals surface area (Å²) in [5, 5.41) is 0. The van der Waals surface area contributed by atoms with E-state index in [1.807, 2.05) is 19.6 Å². The molecule has 0 aromatic heterocycles. The molecule has 0 aliphatic heterocycles. The minimum Gasteiger partial charge on any atom is -0.203 e. The van der Waals surface area contributed by atoms with Crippen molar-refractivity contribution < 1.29 is 22.0 Å². The van der Waals surface area contributed by atoms with Gasteiger partial charge in [-0.3, -0.25) is 0 Å². The Labute approximate surface area is 96.8 Å². The predicted molar refractivity (Wildman–Crippen MR) is 57.3 cm³/mol. The topological polar surface area (TPSA) is 0 Å². The van der Waals surface area contributed by atoms with Gasteiger partial charge in [-0.15, -0.1) is 0 Å².